The molecule has 0 aliphatic carbocycles. The van der Waals surface area contributed by atoms with Crippen molar-refractivity contribution < 1.29 is 14.3 Å². The van der Waals surface area contributed by atoms with Crippen LogP contribution in [0.2, 0.25) is 0 Å². The molecule has 1 aliphatic rings. The van der Waals surface area contributed by atoms with Crippen LogP contribution < -0.4 is 15.4 Å². The second kappa shape index (κ2) is 5.66. The zero-order valence-corrected chi connectivity index (χ0v) is 12.6. The lowest BCUT2D eigenvalue weighted by Crippen LogP contribution is -2.25. The van der Waals surface area contributed by atoms with E-state index in [4.69, 9.17) is 4.74 Å². The number of benzene rings is 2. The Bertz CT molecular complexity index is 969. The zero-order chi connectivity index (χ0) is 16.5. The molecule has 0 saturated heterocycles. The highest BCUT2D eigenvalue weighted by Gasteiger charge is 2.16. The molecule has 0 fully saturated rings. The molecule has 1 aromatic heterocycles. The van der Waals surface area contributed by atoms with Gasteiger partial charge in [-0.05, 0) is 42.5 Å². The van der Waals surface area contributed by atoms with Gasteiger partial charge in [0.05, 0.1) is 11.2 Å². The molecular weight excluding hydrogens is 306 g/mol. The van der Waals surface area contributed by atoms with Crippen LogP contribution in [0.1, 0.15) is 10.4 Å². The van der Waals surface area contributed by atoms with Crippen LogP contribution >= 0.6 is 0 Å². The standard InChI is InChI=1S/C18H13N3O3/c22-17-10-24-16-6-4-13(9-15(16)21-17)20-18(23)12-3-5-14-11(8-12)2-1-7-19-14/h1-9H,10H2,(H,20,23)(H,21,22). The predicted molar refractivity (Wildman–Crippen MR) is 90.3 cm³/mol. The Labute approximate surface area is 137 Å². The number of nitrogens with zero attached hydrogens (tertiary/aromatic N) is 1. The molecule has 0 bridgehead atoms. The number of aromatic nitrogens is 1. The molecule has 2 aromatic carbocycles. The molecule has 6 nitrogen and oxygen atoms in total. The Morgan fingerprint density at radius 1 is 1.17 bits per heavy atom. The Morgan fingerprint density at radius 3 is 3.00 bits per heavy atom. The third-order valence-corrected chi connectivity index (χ3v) is 3.74. The van der Waals surface area contributed by atoms with Gasteiger partial charge >= 0.3 is 0 Å². The molecule has 4 rings (SSSR count). The van der Waals surface area contributed by atoms with Crippen LogP contribution in [0, 0.1) is 0 Å². The van der Waals surface area contributed by atoms with Gasteiger partial charge in [-0.2, -0.15) is 0 Å². The maximum absolute atomic E-state index is 12.4. The first-order valence-corrected chi connectivity index (χ1v) is 7.42. The van der Waals surface area contributed by atoms with Crippen LogP contribution in [0.3, 0.4) is 0 Å². The molecule has 1 aliphatic heterocycles. The molecule has 118 valence electrons. The van der Waals surface area contributed by atoms with Gasteiger partial charge in [0.1, 0.15) is 5.75 Å². The highest BCUT2D eigenvalue weighted by Crippen LogP contribution is 2.30. The maximum Gasteiger partial charge on any atom is 0.262 e. The summed E-state index contributed by atoms with van der Waals surface area (Å²) in [5.74, 6) is 0.140. The molecule has 24 heavy (non-hydrogen) atoms. The third-order valence-electron chi connectivity index (χ3n) is 3.74. The van der Waals surface area contributed by atoms with Crippen LogP contribution in [-0.2, 0) is 4.79 Å². The van der Waals surface area contributed by atoms with Gasteiger partial charge in [0.25, 0.3) is 11.8 Å². The van der Waals surface area contributed by atoms with Gasteiger partial charge in [0.15, 0.2) is 6.61 Å². The molecular formula is C18H13N3O3. The Morgan fingerprint density at radius 2 is 2.08 bits per heavy atom. The minimum Gasteiger partial charge on any atom is -0.482 e. The minimum atomic E-state index is -0.233. The second-order valence-electron chi connectivity index (χ2n) is 5.41. The van der Waals surface area contributed by atoms with Crippen LogP contribution in [0.25, 0.3) is 10.9 Å². The minimum absolute atomic E-state index is 0.00380. The molecule has 2 heterocycles. The quantitative estimate of drug-likeness (QED) is 0.761. The maximum atomic E-state index is 12.4. The number of pyridine rings is 1. The van der Waals surface area contributed by atoms with E-state index in [-0.39, 0.29) is 18.4 Å². The summed E-state index contributed by atoms with van der Waals surface area (Å²) < 4.78 is 5.30. The molecule has 3 aromatic rings. The number of hydrogen-bond acceptors (Lipinski definition) is 4. The summed E-state index contributed by atoms with van der Waals surface area (Å²) in [4.78, 5) is 28.1. The number of ether oxygens (including phenoxy) is 1. The highest BCUT2D eigenvalue weighted by atomic mass is 16.5. The number of carbonyl (C=O) groups is 2. The average Bonchev–Trinajstić information content (AvgIpc) is 2.61. The summed E-state index contributed by atoms with van der Waals surface area (Å²) in [6.07, 6.45) is 1.71. The molecule has 2 N–H and O–H groups in total. The van der Waals surface area contributed by atoms with Gasteiger partial charge in [0.2, 0.25) is 0 Å². The Hall–Kier alpha value is -3.41. The van der Waals surface area contributed by atoms with Crippen LogP contribution in [0.4, 0.5) is 11.4 Å². The van der Waals surface area contributed by atoms with Crippen molar-refractivity contribution in [3.63, 3.8) is 0 Å². The summed E-state index contributed by atoms with van der Waals surface area (Å²) in [7, 11) is 0. The van der Waals surface area contributed by atoms with E-state index in [2.05, 4.69) is 15.6 Å². The van der Waals surface area contributed by atoms with Crippen molar-refractivity contribution in [3.05, 3.63) is 60.3 Å². The summed E-state index contributed by atoms with van der Waals surface area (Å²) in [5, 5.41) is 6.43. The summed E-state index contributed by atoms with van der Waals surface area (Å²) in [5.41, 5.74) is 2.50. The lowest BCUT2D eigenvalue weighted by Gasteiger charge is -2.18. The number of hydrogen-bond donors (Lipinski definition) is 2. The SMILES string of the molecule is O=C1COc2ccc(NC(=O)c3ccc4ncccc4c3)cc2N1. The highest BCUT2D eigenvalue weighted by molar-refractivity contribution is 6.06. The Balaban J connectivity index is 1.59. The largest absolute Gasteiger partial charge is 0.482 e. The summed E-state index contributed by atoms with van der Waals surface area (Å²) in [6.45, 7) is 0.00380. The number of anilines is 2. The number of carbonyl (C=O) groups excluding carboxylic acids is 2. The van der Waals surface area contributed by atoms with E-state index in [0.717, 1.165) is 10.9 Å². The van der Waals surface area contributed by atoms with Crippen molar-refractivity contribution in [2.24, 2.45) is 0 Å². The smallest absolute Gasteiger partial charge is 0.262 e. The fraction of sp³-hybridized carbons (Fsp3) is 0.0556. The zero-order valence-electron chi connectivity index (χ0n) is 12.6. The van der Waals surface area contributed by atoms with Gasteiger partial charge < -0.3 is 15.4 Å². The van der Waals surface area contributed by atoms with E-state index in [1.54, 1.807) is 36.5 Å². The summed E-state index contributed by atoms with van der Waals surface area (Å²) >= 11 is 0. The predicted octanol–water partition coefficient (Wildman–Crippen LogP) is 2.82. The van der Waals surface area contributed by atoms with Gasteiger partial charge in [-0.1, -0.05) is 6.07 Å². The van der Waals surface area contributed by atoms with Gasteiger partial charge in [-0.15, -0.1) is 0 Å². The normalized spacial score (nSPS) is 12.9. The average molecular weight is 319 g/mol. The lowest BCUT2D eigenvalue weighted by molar-refractivity contribution is -0.118. The second-order valence-corrected chi connectivity index (χ2v) is 5.41. The molecule has 2 amide bonds. The van der Waals surface area contributed by atoms with Crippen molar-refractivity contribution in [1.29, 1.82) is 0 Å². The molecule has 6 heteroatoms. The fourth-order valence-corrected chi connectivity index (χ4v) is 2.58. The van der Waals surface area contributed by atoms with Gasteiger partial charge in [-0.3, -0.25) is 14.6 Å². The van der Waals surface area contributed by atoms with E-state index in [1.165, 1.54) is 0 Å². The first-order valence-electron chi connectivity index (χ1n) is 7.42. The molecule has 0 saturated carbocycles. The first-order chi connectivity index (χ1) is 11.7. The number of fused-ring (bicyclic) bond motifs is 2. The van der Waals surface area contributed by atoms with Crippen LogP contribution in [0.5, 0.6) is 5.75 Å². The van der Waals surface area contributed by atoms with E-state index in [1.807, 2.05) is 18.2 Å². The van der Waals surface area contributed by atoms with Crippen molar-refractivity contribution in [3.8, 4) is 5.75 Å². The van der Waals surface area contributed by atoms with E-state index in [9.17, 15) is 9.59 Å². The monoisotopic (exact) mass is 319 g/mol. The molecule has 0 radical (unpaired) electrons. The van der Waals surface area contributed by atoms with Crippen molar-refractivity contribution >= 4 is 34.1 Å². The number of rotatable bonds is 2. The fourth-order valence-electron chi connectivity index (χ4n) is 2.58. The number of nitrogens with one attached hydrogen (secondary N) is 2. The lowest BCUT2D eigenvalue weighted by atomic mass is 10.1. The molecule has 0 spiro atoms. The van der Waals surface area contributed by atoms with Gasteiger partial charge in [-0.25, -0.2) is 0 Å². The molecule has 0 unspecified atom stereocenters. The van der Waals surface area contributed by atoms with Crippen molar-refractivity contribution in [1.82, 2.24) is 4.98 Å². The summed E-state index contributed by atoms with van der Waals surface area (Å²) in [6, 6.07) is 14.2. The topological polar surface area (TPSA) is 80.3 Å². The van der Waals surface area contributed by atoms with Crippen molar-refractivity contribution in [2.45, 2.75) is 0 Å². The Kier molecular flexibility index (Phi) is 3.35. The van der Waals surface area contributed by atoms with E-state index < -0.39 is 0 Å². The first kappa shape index (κ1) is 14.2. The number of amides is 2. The van der Waals surface area contributed by atoms with Crippen LogP contribution in [0.15, 0.2) is 54.7 Å². The van der Waals surface area contributed by atoms with E-state index in [0.29, 0.717) is 22.7 Å². The van der Waals surface area contributed by atoms with Gasteiger partial charge in [0, 0.05) is 22.8 Å². The third kappa shape index (κ3) is 2.65. The molecule has 0 atom stereocenters. The van der Waals surface area contributed by atoms with Crippen molar-refractivity contribution in [2.75, 3.05) is 17.2 Å². The van der Waals surface area contributed by atoms with E-state index >= 15 is 0 Å². The van der Waals surface area contributed by atoms with Crippen LogP contribution in [-0.4, -0.2) is 23.4 Å².